The summed E-state index contributed by atoms with van der Waals surface area (Å²) in [6, 6.07) is 5.92. The highest BCUT2D eigenvalue weighted by Crippen LogP contribution is 2.24. The summed E-state index contributed by atoms with van der Waals surface area (Å²) in [6.07, 6.45) is 3.96. The van der Waals surface area contributed by atoms with E-state index in [9.17, 15) is 4.79 Å². The van der Waals surface area contributed by atoms with Crippen LogP contribution in [-0.4, -0.2) is 31.7 Å². The van der Waals surface area contributed by atoms with E-state index in [2.05, 4.69) is 38.9 Å². The molecule has 118 valence electrons. The predicted octanol–water partition coefficient (Wildman–Crippen LogP) is 2.53. The highest BCUT2D eigenvalue weighted by Gasteiger charge is 2.24. The molecule has 6 heteroatoms. The normalized spacial score (nSPS) is 14.7. The summed E-state index contributed by atoms with van der Waals surface area (Å²) in [5.41, 5.74) is 3.02. The molecule has 0 saturated heterocycles. The predicted molar refractivity (Wildman–Crippen MR) is 88.2 cm³/mol. The van der Waals surface area contributed by atoms with E-state index < -0.39 is 0 Å². The van der Waals surface area contributed by atoms with Crippen LogP contribution in [0.1, 0.15) is 37.0 Å². The van der Waals surface area contributed by atoms with E-state index in [-0.39, 0.29) is 5.91 Å². The van der Waals surface area contributed by atoms with Gasteiger partial charge in [-0.2, -0.15) is 0 Å². The zero-order chi connectivity index (χ0) is 16.0. The Morgan fingerprint density at radius 2 is 2.17 bits per heavy atom. The molecular weight excluding hydrogens is 290 g/mol. The summed E-state index contributed by atoms with van der Waals surface area (Å²) in [5, 5.41) is 12.4. The summed E-state index contributed by atoms with van der Waals surface area (Å²) in [5.74, 6) is 0.478. The van der Waals surface area contributed by atoms with Crippen molar-refractivity contribution in [2.45, 2.75) is 39.3 Å². The third kappa shape index (κ3) is 2.65. The summed E-state index contributed by atoms with van der Waals surface area (Å²) < 4.78 is 2.10. The first-order valence-electron chi connectivity index (χ1n) is 8.04. The molecule has 1 aliphatic carbocycles. The molecule has 1 saturated carbocycles. The average Bonchev–Trinajstić information content (AvgIpc) is 3.25. The van der Waals surface area contributed by atoms with Crippen LogP contribution in [0.5, 0.6) is 0 Å². The second-order valence-electron chi connectivity index (χ2n) is 6.64. The van der Waals surface area contributed by atoms with Gasteiger partial charge in [0.15, 0.2) is 0 Å². The molecule has 4 rings (SSSR count). The number of benzene rings is 1. The highest BCUT2D eigenvalue weighted by atomic mass is 16.1. The molecule has 1 fully saturated rings. The molecule has 0 aliphatic heterocycles. The van der Waals surface area contributed by atoms with E-state index in [0.717, 1.165) is 35.8 Å². The van der Waals surface area contributed by atoms with Crippen molar-refractivity contribution in [3.8, 4) is 0 Å². The maximum atomic E-state index is 12.3. The SMILES string of the molecule is CC(C)Cn1cnc2nnc3ccc(C(=O)NC4CC4)cc3c21. The van der Waals surface area contributed by atoms with Crippen molar-refractivity contribution >= 4 is 28.0 Å². The fourth-order valence-corrected chi connectivity index (χ4v) is 2.80. The second kappa shape index (κ2) is 5.30. The zero-order valence-electron chi connectivity index (χ0n) is 13.3. The molecule has 1 N–H and O–H groups in total. The molecule has 2 aromatic heterocycles. The number of fused-ring (bicyclic) bond motifs is 3. The Morgan fingerprint density at radius 3 is 2.91 bits per heavy atom. The molecule has 23 heavy (non-hydrogen) atoms. The number of rotatable bonds is 4. The maximum Gasteiger partial charge on any atom is 0.251 e. The monoisotopic (exact) mass is 309 g/mol. The minimum absolute atomic E-state index is 0.0192. The van der Waals surface area contributed by atoms with Crippen LogP contribution in [0.3, 0.4) is 0 Å². The molecule has 1 aromatic carbocycles. The van der Waals surface area contributed by atoms with E-state index >= 15 is 0 Å². The van der Waals surface area contributed by atoms with Gasteiger partial charge in [-0.25, -0.2) is 4.98 Å². The summed E-state index contributed by atoms with van der Waals surface area (Å²) >= 11 is 0. The molecule has 0 spiro atoms. The van der Waals surface area contributed by atoms with E-state index in [1.807, 2.05) is 18.2 Å². The Labute approximate surface area is 133 Å². The number of amides is 1. The first kappa shape index (κ1) is 14.1. The molecule has 0 radical (unpaired) electrons. The van der Waals surface area contributed by atoms with E-state index in [1.54, 1.807) is 6.33 Å². The highest BCUT2D eigenvalue weighted by molar-refractivity contribution is 6.05. The van der Waals surface area contributed by atoms with Gasteiger partial charge in [-0.15, -0.1) is 10.2 Å². The number of hydrogen-bond donors (Lipinski definition) is 1. The molecule has 0 atom stereocenters. The second-order valence-corrected chi connectivity index (χ2v) is 6.64. The van der Waals surface area contributed by atoms with E-state index in [1.165, 1.54) is 0 Å². The van der Waals surface area contributed by atoms with Gasteiger partial charge in [-0.05, 0) is 37.0 Å². The first-order valence-corrected chi connectivity index (χ1v) is 8.04. The van der Waals surface area contributed by atoms with Crippen molar-refractivity contribution in [3.05, 3.63) is 30.1 Å². The van der Waals surface area contributed by atoms with Crippen LogP contribution >= 0.6 is 0 Å². The van der Waals surface area contributed by atoms with Crippen molar-refractivity contribution < 1.29 is 4.79 Å². The third-order valence-electron chi connectivity index (χ3n) is 4.06. The Bertz CT molecular complexity index is 895. The molecule has 2 heterocycles. The summed E-state index contributed by atoms with van der Waals surface area (Å²) in [6.45, 7) is 5.18. The van der Waals surface area contributed by atoms with Crippen LogP contribution in [0.25, 0.3) is 22.1 Å². The smallest absolute Gasteiger partial charge is 0.251 e. The number of imidazole rings is 1. The van der Waals surface area contributed by atoms with Crippen LogP contribution in [0, 0.1) is 5.92 Å². The Kier molecular flexibility index (Phi) is 3.25. The topological polar surface area (TPSA) is 72.7 Å². The van der Waals surface area contributed by atoms with Crippen LogP contribution in [0.4, 0.5) is 0 Å². The Hall–Kier alpha value is -2.50. The minimum Gasteiger partial charge on any atom is -0.349 e. The molecule has 1 aliphatic rings. The van der Waals surface area contributed by atoms with Crippen LogP contribution in [-0.2, 0) is 6.54 Å². The molecule has 6 nitrogen and oxygen atoms in total. The van der Waals surface area contributed by atoms with Crippen molar-refractivity contribution in [3.63, 3.8) is 0 Å². The maximum absolute atomic E-state index is 12.3. The largest absolute Gasteiger partial charge is 0.349 e. The van der Waals surface area contributed by atoms with E-state index in [4.69, 9.17) is 0 Å². The number of aromatic nitrogens is 4. The summed E-state index contributed by atoms with van der Waals surface area (Å²) in [4.78, 5) is 16.6. The lowest BCUT2D eigenvalue weighted by molar-refractivity contribution is 0.0951. The van der Waals surface area contributed by atoms with Gasteiger partial charge in [0, 0.05) is 23.5 Å². The number of nitrogens with one attached hydrogen (secondary N) is 1. The Balaban J connectivity index is 1.84. The number of hydrogen-bond acceptors (Lipinski definition) is 4. The number of carbonyl (C=O) groups excluding carboxylic acids is 1. The number of nitrogens with zero attached hydrogens (tertiary/aromatic N) is 4. The lowest BCUT2D eigenvalue weighted by Gasteiger charge is -2.09. The van der Waals surface area contributed by atoms with Gasteiger partial charge >= 0.3 is 0 Å². The van der Waals surface area contributed by atoms with Crippen molar-refractivity contribution in [1.29, 1.82) is 0 Å². The standard InChI is InChI=1S/C17H19N5O/c1-10(2)8-22-9-18-16-15(22)13-7-11(3-6-14(13)20-21-16)17(23)19-12-4-5-12/h3,6-7,9-10,12H,4-5,8H2,1-2H3,(H,19,23). The Morgan fingerprint density at radius 1 is 1.35 bits per heavy atom. The van der Waals surface area contributed by atoms with Gasteiger partial charge in [-0.1, -0.05) is 13.8 Å². The quantitative estimate of drug-likeness (QED) is 0.804. The molecular formula is C17H19N5O. The fraction of sp³-hybridized carbons (Fsp3) is 0.412. The first-order chi connectivity index (χ1) is 11.1. The van der Waals surface area contributed by atoms with Gasteiger partial charge in [0.1, 0.15) is 0 Å². The lowest BCUT2D eigenvalue weighted by Crippen LogP contribution is -2.25. The third-order valence-corrected chi connectivity index (χ3v) is 4.06. The lowest BCUT2D eigenvalue weighted by atomic mass is 10.1. The van der Waals surface area contributed by atoms with Crippen molar-refractivity contribution in [2.75, 3.05) is 0 Å². The van der Waals surface area contributed by atoms with Gasteiger partial charge in [0.2, 0.25) is 5.65 Å². The van der Waals surface area contributed by atoms with Crippen LogP contribution < -0.4 is 5.32 Å². The number of carbonyl (C=O) groups is 1. The molecule has 0 bridgehead atoms. The van der Waals surface area contributed by atoms with Gasteiger partial charge in [0.25, 0.3) is 5.91 Å². The molecule has 3 aromatic rings. The summed E-state index contributed by atoms with van der Waals surface area (Å²) in [7, 11) is 0. The minimum atomic E-state index is -0.0192. The molecule has 0 unspecified atom stereocenters. The van der Waals surface area contributed by atoms with E-state index in [0.29, 0.717) is 23.2 Å². The van der Waals surface area contributed by atoms with Gasteiger partial charge in [-0.3, -0.25) is 4.79 Å². The van der Waals surface area contributed by atoms with Gasteiger partial charge in [0.05, 0.1) is 17.4 Å². The zero-order valence-corrected chi connectivity index (χ0v) is 13.3. The van der Waals surface area contributed by atoms with Crippen LogP contribution in [0.2, 0.25) is 0 Å². The molecule has 1 amide bonds. The van der Waals surface area contributed by atoms with Crippen molar-refractivity contribution in [1.82, 2.24) is 25.1 Å². The van der Waals surface area contributed by atoms with Gasteiger partial charge < -0.3 is 9.88 Å². The fourth-order valence-electron chi connectivity index (χ4n) is 2.80. The average molecular weight is 309 g/mol. The van der Waals surface area contributed by atoms with Crippen molar-refractivity contribution in [2.24, 2.45) is 5.92 Å². The van der Waals surface area contributed by atoms with Crippen LogP contribution in [0.15, 0.2) is 24.5 Å².